The highest BCUT2D eigenvalue weighted by atomic mass is 16.7. The molecule has 0 radical (unpaired) electrons. The number of hydrogen-bond acceptors (Lipinski definition) is 5. The van der Waals surface area contributed by atoms with Crippen LogP contribution in [-0.2, 0) is 19.1 Å². The fourth-order valence-electron chi connectivity index (χ4n) is 6.43. The van der Waals surface area contributed by atoms with Crippen LogP contribution in [0.1, 0.15) is 78.2 Å². The van der Waals surface area contributed by atoms with Crippen LogP contribution in [0.25, 0.3) is 0 Å². The smallest absolute Gasteiger partial charge is 0.325 e. The summed E-state index contributed by atoms with van der Waals surface area (Å²) in [6.45, 7) is 11.8. The third-order valence-corrected chi connectivity index (χ3v) is 8.23. The number of esters is 1. The van der Waals surface area contributed by atoms with Gasteiger partial charge in [-0.05, 0) is 24.0 Å². The number of ether oxygens (including phenoxy) is 3. The van der Waals surface area contributed by atoms with E-state index in [-0.39, 0.29) is 34.8 Å². The predicted octanol–water partition coefficient (Wildman–Crippen LogP) is 5.08. The van der Waals surface area contributed by atoms with Gasteiger partial charge in [0.25, 0.3) is 0 Å². The van der Waals surface area contributed by atoms with Gasteiger partial charge < -0.3 is 19.0 Å². The molecule has 1 aliphatic carbocycles. The fraction of sp³-hybridized carbons (Fsp3) is 0.704. The quantitative estimate of drug-likeness (QED) is 0.189. The number of hydrogen-bond donors (Lipinski definition) is 0. The average molecular weight is 454 g/mol. The Hall–Kier alpha value is -1.66. The molecule has 4 atom stereocenters. The van der Waals surface area contributed by atoms with Gasteiger partial charge in [0.05, 0.1) is 13.2 Å². The van der Waals surface area contributed by atoms with Crippen molar-refractivity contribution in [3.63, 3.8) is 0 Å². The number of benzene rings is 1. The summed E-state index contributed by atoms with van der Waals surface area (Å²) in [7, 11) is 0.381. The second-order valence-electron chi connectivity index (χ2n) is 11.2. The number of carbonyl (C=O) groups excluding carboxylic acids is 2. The van der Waals surface area contributed by atoms with Gasteiger partial charge in [0.15, 0.2) is 5.79 Å². The Kier molecular flexibility index (Phi) is 6.81. The molecule has 4 rings (SSSR count). The second-order valence-corrected chi connectivity index (χ2v) is 11.2. The monoisotopic (exact) mass is 454 g/mol. The van der Waals surface area contributed by atoms with Crippen molar-refractivity contribution in [2.75, 3.05) is 13.2 Å². The Bertz CT molecular complexity index is 886. The molecule has 180 valence electrons. The summed E-state index contributed by atoms with van der Waals surface area (Å²) in [5, 5.41) is 0. The molecule has 2 aliphatic heterocycles. The maximum absolute atomic E-state index is 14.0. The van der Waals surface area contributed by atoms with Crippen LogP contribution in [0.15, 0.2) is 24.3 Å². The molecule has 0 amide bonds. The molecule has 1 aromatic carbocycles. The van der Waals surface area contributed by atoms with E-state index in [2.05, 4.69) is 27.7 Å². The van der Waals surface area contributed by atoms with Crippen molar-refractivity contribution in [2.24, 2.45) is 22.7 Å². The number of unbranched alkanes of at least 4 members (excludes halogenated alkanes) is 2. The zero-order valence-corrected chi connectivity index (χ0v) is 20.9. The van der Waals surface area contributed by atoms with Gasteiger partial charge in [0.1, 0.15) is 16.8 Å². The maximum atomic E-state index is 14.0. The molecule has 3 aliphatic rings. The lowest BCUT2D eigenvalue weighted by molar-refractivity contribution is -0.347. The lowest BCUT2D eigenvalue weighted by Gasteiger charge is -2.60. The van der Waals surface area contributed by atoms with E-state index in [1.54, 1.807) is 0 Å². The van der Waals surface area contributed by atoms with E-state index in [0.717, 1.165) is 31.2 Å². The van der Waals surface area contributed by atoms with Crippen molar-refractivity contribution in [1.82, 2.24) is 0 Å². The van der Waals surface area contributed by atoms with Crippen molar-refractivity contribution < 1.29 is 23.8 Å². The summed E-state index contributed by atoms with van der Waals surface area (Å²) in [6, 6.07) is 7.70. The number of rotatable bonds is 7. The van der Waals surface area contributed by atoms with E-state index in [4.69, 9.17) is 14.2 Å². The first kappa shape index (κ1) is 24.5. The third-order valence-electron chi connectivity index (χ3n) is 8.23. The highest BCUT2D eigenvalue weighted by Crippen LogP contribution is 2.63. The van der Waals surface area contributed by atoms with Gasteiger partial charge >= 0.3 is 5.97 Å². The molecule has 0 N–H and O–H groups in total. The van der Waals surface area contributed by atoms with Crippen LogP contribution >= 0.6 is 0 Å². The molecule has 2 heterocycles. The molecular formula is C27H39BO5. The SMILES string of the molecule is CCBC(=O)C12C(=O)Oc3ccccc3C1CC1(OCC(C)(C)CO1)C(C)C2CCCCC. The zero-order chi connectivity index (χ0) is 23.9. The first-order valence-corrected chi connectivity index (χ1v) is 12.8. The van der Waals surface area contributed by atoms with E-state index in [9.17, 15) is 9.59 Å². The first-order chi connectivity index (χ1) is 15.7. The van der Waals surface area contributed by atoms with Crippen molar-refractivity contribution in [2.45, 2.75) is 84.7 Å². The lowest BCUT2D eigenvalue weighted by atomic mass is 9.44. The maximum Gasteiger partial charge on any atom is 0.325 e. The van der Waals surface area contributed by atoms with E-state index in [1.165, 1.54) is 0 Å². The van der Waals surface area contributed by atoms with E-state index in [0.29, 0.717) is 39.0 Å². The summed E-state index contributed by atoms with van der Waals surface area (Å²) < 4.78 is 19.1. The Morgan fingerprint density at radius 2 is 1.82 bits per heavy atom. The molecular weight excluding hydrogens is 415 g/mol. The van der Waals surface area contributed by atoms with Gasteiger partial charge in [0.2, 0.25) is 7.28 Å². The molecule has 1 saturated heterocycles. The van der Waals surface area contributed by atoms with E-state index in [1.807, 2.05) is 31.2 Å². The van der Waals surface area contributed by atoms with Gasteiger partial charge in [-0.3, -0.25) is 4.79 Å². The van der Waals surface area contributed by atoms with Crippen LogP contribution in [0.3, 0.4) is 0 Å². The van der Waals surface area contributed by atoms with Crippen LogP contribution < -0.4 is 4.74 Å². The average Bonchev–Trinajstić information content (AvgIpc) is 2.78. The third kappa shape index (κ3) is 3.97. The molecule has 0 aromatic heterocycles. The summed E-state index contributed by atoms with van der Waals surface area (Å²) in [6.07, 6.45) is 5.12. The molecule has 0 bridgehead atoms. The highest BCUT2D eigenvalue weighted by Gasteiger charge is 2.69. The number of carbonyl (C=O) groups is 2. The molecule has 1 aromatic rings. The van der Waals surface area contributed by atoms with Crippen molar-refractivity contribution in [1.29, 1.82) is 0 Å². The lowest BCUT2D eigenvalue weighted by Crippen LogP contribution is -2.67. The number of fused-ring (bicyclic) bond motifs is 3. The van der Waals surface area contributed by atoms with E-state index >= 15 is 0 Å². The van der Waals surface area contributed by atoms with Crippen LogP contribution in [0, 0.1) is 22.7 Å². The minimum atomic E-state index is -1.18. The van der Waals surface area contributed by atoms with Crippen LogP contribution in [0.5, 0.6) is 5.75 Å². The molecule has 2 fully saturated rings. The molecule has 33 heavy (non-hydrogen) atoms. The second kappa shape index (κ2) is 9.18. The Morgan fingerprint density at radius 3 is 2.48 bits per heavy atom. The van der Waals surface area contributed by atoms with Crippen molar-refractivity contribution >= 4 is 18.9 Å². The summed E-state index contributed by atoms with van der Waals surface area (Å²) >= 11 is 0. The normalized spacial score (nSPS) is 31.9. The molecule has 5 nitrogen and oxygen atoms in total. The Labute approximate surface area is 199 Å². The summed E-state index contributed by atoms with van der Waals surface area (Å²) in [5.74, 6) is -1.19. The molecule has 6 heteroatoms. The van der Waals surface area contributed by atoms with Crippen molar-refractivity contribution in [3.05, 3.63) is 29.8 Å². The van der Waals surface area contributed by atoms with Crippen LogP contribution in [0.2, 0.25) is 6.32 Å². The largest absolute Gasteiger partial charge is 0.425 e. The zero-order valence-electron chi connectivity index (χ0n) is 20.9. The molecule has 1 saturated carbocycles. The van der Waals surface area contributed by atoms with Gasteiger partial charge in [-0.1, -0.05) is 78.4 Å². The topological polar surface area (TPSA) is 61.8 Å². The summed E-state index contributed by atoms with van der Waals surface area (Å²) in [4.78, 5) is 27.8. The van der Waals surface area contributed by atoms with Crippen LogP contribution in [0.4, 0.5) is 0 Å². The highest BCUT2D eigenvalue weighted by molar-refractivity contribution is 6.76. The fourth-order valence-corrected chi connectivity index (χ4v) is 6.43. The van der Waals surface area contributed by atoms with Gasteiger partial charge in [-0.2, -0.15) is 0 Å². The first-order valence-electron chi connectivity index (χ1n) is 12.8. The van der Waals surface area contributed by atoms with Gasteiger partial charge in [0, 0.05) is 23.7 Å². The Balaban J connectivity index is 1.87. The van der Waals surface area contributed by atoms with E-state index < -0.39 is 11.2 Å². The Morgan fingerprint density at radius 1 is 1.12 bits per heavy atom. The number of para-hydroxylation sites is 1. The molecule has 4 unspecified atom stereocenters. The standard InChI is InChI=1S/C27H39BO5/c1-6-8-9-13-20-18(3)26(31-16-25(4,5)17-32-26)15-21-19-12-10-11-14-22(19)33-24(30)27(20,21)23(29)28-7-2/h10-12,14,18,20-21,28H,6-9,13,15-17H2,1-5H3. The summed E-state index contributed by atoms with van der Waals surface area (Å²) in [5.41, 5.74) is -0.277. The molecule has 1 spiro atoms. The van der Waals surface area contributed by atoms with Crippen molar-refractivity contribution in [3.8, 4) is 5.75 Å². The van der Waals surface area contributed by atoms with Crippen LogP contribution in [-0.4, -0.2) is 37.9 Å². The predicted molar refractivity (Wildman–Crippen MR) is 130 cm³/mol. The van der Waals surface area contributed by atoms with Gasteiger partial charge in [-0.15, -0.1) is 0 Å². The minimum Gasteiger partial charge on any atom is -0.425 e. The minimum absolute atomic E-state index is 0.0221. The van der Waals surface area contributed by atoms with Gasteiger partial charge in [-0.25, -0.2) is 0 Å².